The summed E-state index contributed by atoms with van der Waals surface area (Å²) in [6, 6.07) is 14.2. The van der Waals surface area contributed by atoms with E-state index < -0.39 is 0 Å². The number of carbonyl (C=O) groups is 1. The smallest absolute Gasteiger partial charge is 0.257 e. The topological polar surface area (TPSA) is 47.4 Å². The Morgan fingerprint density at radius 3 is 2.70 bits per heavy atom. The molecular weight excluding hydrogens is 358 g/mol. The molecule has 0 saturated carbocycles. The van der Waals surface area contributed by atoms with E-state index in [2.05, 4.69) is 16.5 Å². The minimum absolute atomic E-state index is 0.0509. The second kappa shape index (κ2) is 8.06. The third kappa shape index (κ3) is 3.82. The molecule has 2 aromatic heterocycles. The summed E-state index contributed by atoms with van der Waals surface area (Å²) in [7, 11) is 0. The average molecular weight is 382 g/mol. The molecule has 0 N–H and O–H groups in total. The summed E-state index contributed by atoms with van der Waals surface area (Å²) >= 11 is 1.69. The van der Waals surface area contributed by atoms with Crippen LogP contribution in [-0.2, 0) is 11.3 Å². The van der Waals surface area contributed by atoms with Crippen LogP contribution < -0.4 is 0 Å². The molecule has 4 rings (SSSR count). The number of amides is 1. The second-order valence-corrected chi connectivity index (χ2v) is 7.78. The molecule has 140 valence electrons. The van der Waals surface area contributed by atoms with Crippen molar-refractivity contribution < 1.29 is 9.53 Å². The number of carbonyl (C=O) groups excluding carboxylic acids is 1. The summed E-state index contributed by atoms with van der Waals surface area (Å²) in [5.74, 6) is 0.0509. The highest BCUT2D eigenvalue weighted by molar-refractivity contribution is 7.09. The number of ether oxygens (including phenoxy) is 1. The predicted molar refractivity (Wildman–Crippen MR) is 106 cm³/mol. The molecule has 3 aromatic rings. The normalized spacial score (nSPS) is 15.0. The molecule has 0 radical (unpaired) electrons. The number of hydrogen-bond acceptors (Lipinski definition) is 4. The molecule has 0 unspecified atom stereocenters. The minimum Gasteiger partial charge on any atom is -0.381 e. The first kappa shape index (κ1) is 17.9. The van der Waals surface area contributed by atoms with Gasteiger partial charge < -0.3 is 9.64 Å². The molecule has 1 fully saturated rings. The van der Waals surface area contributed by atoms with E-state index in [0.717, 1.165) is 24.2 Å². The number of benzene rings is 1. The predicted octanol–water partition coefficient (Wildman–Crippen LogP) is 4.06. The zero-order valence-electron chi connectivity index (χ0n) is 15.4. The lowest BCUT2D eigenvalue weighted by Crippen LogP contribution is -2.43. The van der Waals surface area contributed by atoms with Crippen molar-refractivity contribution in [3.05, 3.63) is 70.2 Å². The summed E-state index contributed by atoms with van der Waals surface area (Å²) < 4.78 is 7.34. The molecule has 1 aromatic carbocycles. The van der Waals surface area contributed by atoms with Crippen molar-refractivity contribution in [1.82, 2.24) is 14.7 Å². The molecule has 0 atom stereocenters. The summed E-state index contributed by atoms with van der Waals surface area (Å²) in [5.41, 5.74) is 2.50. The van der Waals surface area contributed by atoms with Crippen molar-refractivity contribution in [2.45, 2.75) is 32.4 Å². The van der Waals surface area contributed by atoms with Crippen LogP contribution in [0.3, 0.4) is 0 Å². The Kier molecular flexibility index (Phi) is 5.36. The maximum absolute atomic E-state index is 13.5. The van der Waals surface area contributed by atoms with Gasteiger partial charge in [-0.25, -0.2) is 4.68 Å². The lowest BCUT2D eigenvalue weighted by atomic mass is 10.1. The standard InChI is InChI=1S/C21H23N3O2S/c1-16-20(14-22-24(16)18-6-3-2-4-7-18)21(25)23(15-19-8-5-13-27-19)17-9-11-26-12-10-17/h2-8,13-14,17H,9-12,15H2,1H3. The van der Waals surface area contributed by atoms with Crippen molar-refractivity contribution in [3.8, 4) is 5.69 Å². The Bertz CT molecular complexity index is 884. The average Bonchev–Trinajstić information content (AvgIpc) is 3.36. The number of rotatable bonds is 5. The molecule has 0 bridgehead atoms. The Hall–Kier alpha value is -2.44. The Morgan fingerprint density at radius 2 is 2.00 bits per heavy atom. The highest BCUT2D eigenvalue weighted by atomic mass is 32.1. The zero-order chi connectivity index (χ0) is 18.6. The molecule has 5 nitrogen and oxygen atoms in total. The zero-order valence-corrected chi connectivity index (χ0v) is 16.2. The molecule has 1 amide bonds. The van der Waals surface area contributed by atoms with E-state index >= 15 is 0 Å². The largest absolute Gasteiger partial charge is 0.381 e. The molecule has 1 aliphatic heterocycles. The van der Waals surface area contributed by atoms with Crippen LogP contribution >= 0.6 is 11.3 Å². The molecule has 0 aliphatic carbocycles. The first-order valence-electron chi connectivity index (χ1n) is 9.25. The van der Waals surface area contributed by atoms with Gasteiger partial charge >= 0.3 is 0 Å². The van der Waals surface area contributed by atoms with Gasteiger partial charge in [0.05, 0.1) is 29.7 Å². The molecule has 1 aliphatic rings. The van der Waals surface area contributed by atoms with Gasteiger partial charge in [-0.1, -0.05) is 24.3 Å². The number of nitrogens with zero attached hydrogens (tertiary/aromatic N) is 3. The fourth-order valence-corrected chi connectivity index (χ4v) is 4.24. The van der Waals surface area contributed by atoms with Crippen LogP contribution in [0, 0.1) is 6.92 Å². The van der Waals surface area contributed by atoms with Crippen LogP contribution in [0.4, 0.5) is 0 Å². The van der Waals surface area contributed by atoms with E-state index in [0.29, 0.717) is 25.3 Å². The molecule has 0 spiro atoms. The monoisotopic (exact) mass is 381 g/mol. The summed E-state index contributed by atoms with van der Waals surface area (Å²) in [6.45, 7) is 4.01. The molecular formula is C21H23N3O2S. The van der Waals surface area contributed by atoms with Gasteiger partial charge in [-0.15, -0.1) is 11.3 Å². The van der Waals surface area contributed by atoms with E-state index in [4.69, 9.17) is 4.74 Å². The van der Waals surface area contributed by atoms with Gasteiger partial charge in [0.25, 0.3) is 5.91 Å². The molecule has 3 heterocycles. The van der Waals surface area contributed by atoms with Gasteiger partial charge in [0.2, 0.25) is 0 Å². The van der Waals surface area contributed by atoms with E-state index in [9.17, 15) is 4.79 Å². The SMILES string of the molecule is Cc1c(C(=O)N(Cc2cccs2)C2CCOCC2)cnn1-c1ccccc1. The van der Waals surface area contributed by atoms with Crippen LogP contribution in [0.5, 0.6) is 0 Å². The lowest BCUT2D eigenvalue weighted by molar-refractivity contribution is 0.0269. The first-order valence-corrected chi connectivity index (χ1v) is 10.1. The third-order valence-electron chi connectivity index (χ3n) is 5.04. The quantitative estimate of drug-likeness (QED) is 0.669. The maximum atomic E-state index is 13.5. The number of thiophene rings is 1. The van der Waals surface area contributed by atoms with E-state index in [1.807, 2.05) is 52.9 Å². The van der Waals surface area contributed by atoms with Gasteiger partial charge in [-0.2, -0.15) is 5.10 Å². The van der Waals surface area contributed by atoms with Crippen LogP contribution in [-0.4, -0.2) is 39.8 Å². The van der Waals surface area contributed by atoms with Crippen molar-refractivity contribution in [2.75, 3.05) is 13.2 Å². The first-order chi connectivity index (χ1) is 13.2. The van der Waals surface area contributed by atoms with Crippen molar-refractivity contribution in [2.24, 2.45) is 0 Å². The van der Waals surface area contributed by atoms with Crippen LogP contribution in [0.25, 0.3) is 5.69 Å². The molecule has 6 heteroatoms. The highest BCUT2D eigenvalue weighted by Crippen LogP contribution is 2.24. The van der Waals surface area contributed by atoms with Gasteiger partial charge in [-0.05, 0) is 43.3 Å². The third-order valence-corrected chi connectivity index (χ3v) is 5.90. The number of para-hydroxylation sites is 1. The number of hydrogen-bond donors (Lipinski definition) is 0. The fraction of sp³-hybridized carbons (Fsp3) is 0.333. The van der Waals surface area contributed by atoms with Crippen molar-refractivity contribution >= 4 is 17.2 Å². The van der Waals surface area contributed by atoms with Gasteiger partial charge in [0, 0.05) is 24.1 Å². The van der Waals surface area contributed by atoms with Gasteiger partial charge in [-0.3, -0.25) is 4.79 Å². The number of aromatic nitrogens is 2. The van der Waals surface area contributed by atoms with E-state index in [-0.39, 0.29) is 11.9 Å². The summed E-state index contributed by atoms with van der Waals surface area (Å²) in [4.78, 5) is 16.7. The van der Waals surface area contributed by atoms with Crippen molar-refractivity contribution in [1.29, 1.82) is 0 Å². The van der Waals surface area contributed by atoms with Crippen molar-refractivity contribution in [3.63, 3.8) is 0 Å². The second-order valence-electron chi connectivity index (χ2n) is 6.75. The Morgan fingerprint density at radius 1 is 1.22 bits per heavy atom. The Balaban J connectivity index is 1.64. The lowest BCUT2D eigenvalue weighted by Gasteiger charge is -2.34. The van der Waals surface area contributed by atoms with Crippen LogP contribution in [0.2, 0.25) is 0 Å². The van der Waals surface area contributed by atoms with Crippen LogP contribution in [0.1, 0.15) is 33.8 Å². The summed E-state index contributed by atoms with van der Waals surface area (Å²) in [5, 5.41) is 6.53. The van der Waals surface area contributed by atoms with E-state index in [1.54, 1.807) is 17.5 Å². The Labute approximate surface area is 163 Å². The van der Waals surface area contributed by atoms with E-state index in [1.165, 1.54) is 4.88 Å². The molecule has 27 heavy (non-hydrogen) atoms. The minimum atomic E-state index is 0.0509. The van der Waals surface area contributed by atoms with Crippen LogP contribution in [0.15, 0.2) is 54.0 Å². The summed E-state index contributed by atoms with van der Waals surface area (Å²) in [6.07, 6.45) is 3.46. The van der Waals surface area contributed by atoms with Gasteiger partial charge in [0.15, 0.2) is 0 Å². The molecule has 1 saturated heterocycles. The van der Waals surface area contributed by atoms with Gasteiger partial charge in [0.1, 0.15) is 0 Å². The maximum Gasteiger partial charge on any atom is 0.257 e. The highest BCUT2D eigenvalue weighted by Gasteiger charge is 2.29. The fourth-order valence-electron chi connectivity index (χ4n) is 3.54.